The molecule has 0 aliphatic rings. The molecule has 0 bridgehead atoms. The van der Waals surface area contributed by atoms with Crippen molar-refractivity contribution in [1.29, 1.82) is 0 Å². The minimum Gasteiger partial charge on any atom is -0.497 e. The Kier molecular flexibility index (Phi) is 6.49. The number of hydrogen-bond donors (Lipinski definition) is 1. The molecule has 0 aliphatic heterocycles. The average Bonchev–Trinajstić information content (AvgIpc) is 2.61. The zero-order valence-electron chi connectivity index (χ0n) is 14.2. The Labute approximate surface area is 147 Å². The lowest BCUT2D eigenvalue weighted by Crippen LogP contribution is -2.37. The molecule has 2 aromatic rings. The van der Waals surface area contributed by atoms with Crippen LogP contribution in [0.1, 0.15) is 12.6 Å². The van der Waals surface area contributed by atoms with Gasteiger partial charge >= 0.3 is 0 Å². The van der Waals surface area contributed by atoms with Crippen molar-refractivity contribution in [2.75, 3.05) is 20.2 Å². The first-order valence-electron chi connectivity index (χ1n) is 7.71. The third kappa shape index (κ3) is 5.54. The average molecular weight is 363 g/mol. The SMILES string of the molecule is COc1ccc(S(=O)(=O)NCCN(Cc2ccccn2)C(C)=O)cc1. The summed E-state index contributed by atoms with van der Waals surface area (Å²) in [6.45, 7) is 2.14. The van der Waals surface area contributed by atoms with Gasteiger partial charge in [0.2, 0.25) is 15.9 Å². The highest BCUT2D eigenvalue weighted by molar-refractivity contribution is 7.89. The molecule has 0 saturated heterocycles. The number of amides is 1. The maximum atomic E-state index is 12.3. The fraction of sp³-hybridized carbons (Fsp3) is 0.294. The van der Waals surface area contributed by atoms with Crippen molar-refractivity contribution < 1.29 is 17.9 Å². The Hall–Kier alpha value is -2.45. The molecular formula is C17H21N3O4S. The lowest BCUT2D eigenvalue weighted by molar-refractivity contribution is -0.129. The fourth-order valence-corrected chi connectivity index (χ4v) is 3.21. The molecule has 0 spiro atoms. The van der Waals surface area contributed by atoms with E-state index in [1.54, 1.807) is 29.3 Å². The van der Waals surface area contributed by atoms with E-state index in [1.807, 2.05) is 12.1 Å². The summed E-state index contributed by atoms with van der Waals surface area (Å²) in [7, 11) is -2.13. The third-order valence-corrected chi connectivity index (χ3v) is 5.04. The number of methoxy groups -OCH3 is 1. The van der Waals surface area contributed by atoms with Crippen LogP contribution in [0.15, 0.2) is 53.6 Å². The molecule has 1 N–H and O–H groups in total. The van der Waals surface area contributed by atoms with Crippen LogP contribution in [0.4, 0.5) is 0 Å². The van der Waals surface area contributed by atoms with Crippen LogP contribution in [0.25, 0.3) is 0 Å². The van der Waals surface area contributed by atoms with Crippen molar-refractivity contribution in [3.8, 4) is 5.75 Å². The van der Waals surface area contributed by atoms with E-state index in [9.17, 15) is 13.2 Å². The Morgan fingerprint density at radius 3 is 2.48 bits per heavy atom. The lowest BCUT2D eigenvalue weighted by Gasteiger charge is -2.20. The number of aromatic nitrogens is 1. The van der Waals surface area contributed by atoms with Crippen LogP contribution in [-0.2, 0) is 21.4 Å². The van der Waals surface area contributed by atoms with E-state index < -0.39 is 10.0 Å². The maximum Gasteiger partial charge on any atom is 0.240 e. The van der Waals surface area contributed by atoms with Crippen molar-refractivity contribution >= 4 is 15.9 Å². The van der Waals surface area contributed by atoms with Crippen molar-refractivity contribution in [3.05, 3.63) is 54.4 Å². The molecule has 7 nitrogen and oxygen atoms in total. The van der Waals surface area contributed by atoms with Gasteiger partial charge in [-0.3, -0.25) is 9.78 Å². The molecule has 25 heavy (non-hydrogen) atoms. The summed E-state index contributed by atoms with van der Waals surface area (Å²) in [5.41, 5.74) is 0.746. The number of ether oxygens (including phenoxy) is 1. The van der Waals surface area contributed by atoms with Gasteiger partial charge in [-0.2, -0.15) is 0 Å². The minimum atomic E-state index is -3.64. The molecule has 0 unspecified atom stereocenters. The van der Waals surface area contributed by atoms with Crippen LogP contribution in [0.5, 0.6) is 5.75 Å². The van der Waals surface area contributed by atoms with E-state index in [1.165, 1.54) is 26.2 Å². The highest BCUT2D eigenvalue weighted by Crippen LogP contribution is 2.15. The summed E-state index contributed by atoms with van der Waals surface area (Å²) in [6, 6.07) is 11.6. The first-order valence-corrected chi connectivity index (χ1v) is 9.20. The molecule has 1 heterocycles. The van der Waals surface area contributed by atoms with Gasteiger partial charge in [-0.25, -0.2) is 13.1 Å². The van der Waals surface area contributed by atoms with E-state index in [-0.39, 0.29) is 23.9 Å². The van der Waals surface area contributed by atoms with Crippen molar-refractivity contribution in [1.82, 2.24) is 14.6 Å². The van der Waals surface area contributed by atoms with Crippen molar-refractivity contribution in [2.24, 2.45) is 0 Å². The standard InChI is InChI=1S/C17H21N3O4S/c1-14(21)20(13-15-5-3-4-10-18-15)12-11-19-25(22,23)17-8-6-16(24-2)7-9-17/h3-10,19H,11-13H2,1-2H3. The van der Waals surface area contributed by atoms with Crippen LogP contribution in [0.3, 0.4) is 0 Å². The maximum absolute atomic E-state index is 12.3. The number of benzene rings is 1. The van der Waals surface area contributed by atoms with Gasteiger partial charge in [0.15, 0.2) is 0 Å². The molecule has 0 atom stereocenters. The van der Waals surface area contributed by atoms with Gasteiger partial charge in [0.1, 0.15) is 5.75 Å². The molecule has 1 amide bonds. The van der Waals surface area contributed by atoms with Crippen LogP contribution >= 0.6 is 0 Å². The molecular weight excluding hydrogens is 342 g/mol. The molecule has 134 valence electrons. The molecule has 0 radical (unpaired) electrons. The number of carbonyl (C=O) groups is 1. The van der Waals surface area contributed by atoms with Crippen LogP contribution < -0.4 is 9.46 Å². The summed E-state index contributed by atoms with van der Waals surface area (Å²) in [6.07, 6.45) is 1.65. The van der Waals surface area contributed by atoms with Gasteiger partial charge in [-0.15, -0.1) is 0 Å². The summed E-state index contributed by atoms with van der Waals surface area (Å²) < 4.78 is 32.1. The van der Waals surface area contributed by atoms with Gasteiger partial charge in [0.05, 0.1) is 24.2 Å². The quantitative estimate of drug-likeness (QED) is 0.766. The highest BCUT2D eigenvalue weighted by Gasteiger charge is 2.15. The number of rotatable bonds is 8. The second-order valence-corrected chi connectivity index (χ2v) is 7.10. The smallest absolute Gasteiger partial charge is 0.240 e. The number of pyridine rings is 1. The zero-order chi connectivity index (χ0) is 18.3. The Morgan fingerprint density at radius 2 is 1.92 bits per heavy atom. The second-order valence-electron chi connectivity index (χ2n) is 5.33. The van der Waals surface area contributed by atoms with Gasteiger partial charge < -0.3 is 9.64 Å². The topological polar surface area (TPSA) is 88.6 Å². The number of carbonyl (C=O) groups excluding carboxylic acids is 1. The molecule has 0 fully saturated rings. The monoisotopic (exact) mass is 363 g/mol. The second kappa shape index (κ2) is 8.59. The summed E-state index contributed by atoms with van der Waals surface area (Å²) in [5.74, 6) is 0.436. The zero-order valence-corrected chi connectivity index (χ0v) is 15.0. The fourth-order valence-electron chi connectivity index (χ4n) is 2.19. The predicted molar refractivity (Wildman–Crippen MR) is 93.5 cm³/mol. The van der Waals surface area contributed by atoms with Crippen molar-refractivity contribution in [2.45, 2.75) is 18.4 Å². The molecule has 1 aromatic heterocycles. The Bertz CT molecular complexity index is 792. The predicted octanol–water partition coefficient (Wildman–Crippen LogP) is 1.42. The number of hydrogen-bond acceptors (Lipinski definition) is 5. The summed E-state index contributed by atoms with van der Waals surface area (Å²) in [4.78, 5) is 17.6. The van der Waals surface area contributed by atoms with E-state index in [2.05, 4.69) is 9.71 Å². The largest absolute Gasteiger partial charge is 0.497 e. The normalized spacial score (nSPS) is 11.1. The van der Waals surface area contributed by atoms with Crippen molar-refractivity contribution in [3.63, 3.8) is 0 Å². The van der Waals surface area contributed by atoms with Gasteiger partial charge in [-0.1, -0.05) is 6.07 Å². The number of sulfonamides is 1. The molecule has 2 rings (SSSR count). The molecule has 1 aromatic carbocycles. The van der Waals surface area contributed by atoms with Gasteiger partial charge in [-0.05, 0) is 36.4 Å². The van der Waals surface area contributed by atoms with Gasteiger partial charge in [0, 0.05) is 26.2 Å². The van der Waals surface area contributed by atoms with Crippen LogP contribution in [0.2, 0.25) is 0 Å². The summed E-state index contributed by atoms with van der Waals surface area (Å²) in [5, 5.41) is 0. The lowest BCUT2D eigenvalue weighted by atomic mass is 10.3. The summed E-state index contributed by atoms with van der Waals surface area (Å²) >= 11 is 0. The molecule has 0 saturated carbocycles. The third-order valence-electron chi connectivity index (χ3n) is 3.57. The molecule has 8 heteroatoms. The number of nitrogens with zero attached hydrogens (tertiary/aromatic N) is 2. The van der Waals surface area contributed by atoms with E-state index in [4.69, 9.17) is 4.74 Å². The highest BCUT2D eigenvalue weighted by atomic mass is 32.2. The first-order chi connectivity index (χ1) is 11.9. The minimum absolute atomic E-state index is 0.112. The van der Waals surface area contributed by atoms with Gasteiger partial charge in [0.25, 0.3) is 0 Å². The van der Waals surface area contributed by atoms with E-state index in [0.717, 1.165) is 5.69 Å². The Balaban J connectivity index is 1.95. The van der Waals surface area contributed by atoms with E-state index >= 15 is 0 Å². The van der Waals surface area contributed by atoms with Crippen LogP contribution in [0, 0.1) is 0 Å². The number of nitrogens with one attached hydrogen (secondary N) is 1. The van der Waals surface area contributed by atoms with Crippen LogP contribution in [-0.4, -0.2) is 44.4 Å². The molecule has 0 aliphatic carbocycles. The van der Waals surface area contributed by atoms with E-state index in [0.29, 0.717) is 12.3 Å². The Morgan fingerprint density at radius 1 is 1.20 bits per heavy atom. The first kappa shape index (κ1) is 18.9.